The van der Waals surface area contributed by atoms with Gasteiger partial charge in [0.2, 0.25) is 0 Å². The first-order valence-electron chi connectivity index (χ1n) is 5.70. The number of benzene rings is 1. The molecule has 0 aliphatic carbocycles. The Kier molecular flexibility index (Phi) is 2.41. The number of para-hydroxylation sites is 1. The van der Waals surface area contributed by atoms with Crippen LogP contribution in [-0.2, 0) is 0 Å². The summed E-state index contributed by atoms with van der Waals surface area (Å²) in [7, 11) is 0. The van der Waals surface area contributed by atoms with Gasteiger partial charge in [0.25, 0.3) is 0 Å². The number of nitrogens with zero attached hydrogens (tertiary/aromatic N) is 3. The normalized spacial score (nSPS) is 10.7. The Morgan fingerprint density at radius 2 is 1.78 bits per heavy atom. The molecule has 0 aliphatic rings. The molecule has 4 heteroatoms. The third-order valence-electron chi connectivity index (χ3n) is 2.70. The molecule has 0 amide bonds. The number of pyridine rings is 1. The summed E-state index contributed by atoms with van der Waals surface area (Å²) >= 11 is 0. The third kappa shape index (κ3) is 1.88. The van der Waals surface area contributed by atoms with Gasteiger partial charge >= 0.3 is 0 Å². The molecule has 2 N–H and O–H groups in total. The smallest absolute Gasteiger partial charge is 0.180 e. The monoisotopic (exact) mass is 236 g/mol. The summed E-state index contributed by atoms with van der Waals surface area (Å²) in [4.78, 5) is 13.1. The predicted octanol–water partition coefficient (Wildman–Crippen LogP) is 2.58. The van der Waals surface area contributed by atoms with E-state index in [0.717, 1.165) is 22.3 Å². The van der Waals surface area contributed by atoms with Gasteiger partial charge in [-0.25, -0.2) is 15.0 Å². The van der Waals surface area contributed by atoms with Crippen molar-refractivity contribution in [2.24, 2.45) is 0 Å². The second-order valence-electron chi connectivity index (χ2n) is 4.15. The molecule has 0 aliphatic heterocycles. The third-order valence-corrected chi connectivity index (χ3v) is 2.70. The molecule has 4 nitrogen and oxygen atoms in total. The minimum atomic E-state index is 0.465. The summed E-state index contributed by atoms with van der Waals surface area (Å²) in [6.45, 7) is 1.89. The van der Waals surface area contributed by atoms with E-state index in [2.05, 4.69) is 15.0 Å². The van der Waals surface area contributed by atoms with Crippen LogP contribution in [0, 0.1) is 6.92 Å². The van der Waals surface area contributed by atoms with Crippen LogP contribution < -0.4 is 5.73 Å². The highest BCUT2D eigenvalue weighted by atomic mass is 15.0. The highest BCUT2D eigenvalue weighted by molar-refractivity contribution is 5.80. The first-order chi connectivity index (χ1) is 8.72. The van der Waals surface area contributed by atoms with E-state index < -0.39 is 0 Å². The number of anilines is 1. The Balaban J connectivity index is 2.19. The number of hydrogen-bond acceptors (Lipinski definition) is 4. The number of fused-ring (bicyclic) bond motifs is 1. The quantitative estimate of drug-likeness (QED) is 0.705. The number of hydrogen-bond donors (Lipinski definition) is 1. The molecular formula is C14H12N4. The molecule has 2 heterocycles. The van der Waals surface area contributed by atoms with Crippen LogP contribution in [0.4, 0.5) is 5.82 Å². The van der Waals surface area contributed by atoms with Gasteiger partial charge in [0.1, 0.15) is 11.5 Å². The van der Waals surface area contributed by atoms with Crippen molar-refractivity contribution in [2.45, 2.75) is 6.92 Å². The number of nitrogens with two attached hydrogens (primary N) is 1. The molecule has 0 atom stereocenters. The lowest BCUT2D eigenvalue weighted by Gasteiger charge is -2.04. The van der Waals surface area contributed by atoms with Crippen LogP contribution in [0.3, 0.4) is 0 Å². The minimum absolute atomic E-state index is 0.465. The Morgan fingerprint density at radius 3 is 2.61 bits per heavy atom. The van der Waals surface area contributed by atoms with Crippen molar-refractivity contribution in [1.29, 1.82) is 0 Å². The van der Waals surface area contributed by atoms with Crippen LogP contribution in [0.5, 0.6) is 0 Å². The fraction of sp³-hybridized carbons (Fsp3) is 0.0714. The fourth-order valence-corrected chi connectivity index (χ4v) is 1.90. The molecule has 3 aromatic rings. The summed E-state index contributed by atoms with van der Waals surface area (Å²) in [5, 5.41) is 1.10. The number of aryl methyl sites for hydroxylation is 1. The molecule has 2 aromatic heterocycles. The first-order valence-corrected chi connectivity index (χ1v) is 5.70. The summed E-state index contributed by atoms with van der Waals surface area (Å²) in [6.07, 6.45) is 0. The van der Waals surface area contributed by atoms with E-state index in [0.29, 0.717) is 11.6 Å². The lowest BCUT2D eigenvalue weighted by Crippen LogP contribution is -1.98. The lowest BCUT2D eigenvalue weighted by molar-refractivity contribution is 1.10. The van der Waals surface area contributed by atoms with E-state index in [1.165, 1.54) is 0 Å². The SMILES string of the molecule is Cc1cc(N)nc(-c2ccc3ccccc3n2)n1. The average Bonchev–Trinajstić information content (AvgIpc) is 2.37. The summed E-state index contributed by atoms with van der Waals surface area (Å²) in [5.41, 5.74) is 8.24. The summed E-state index contributed by atoms with van der Waals surface area (Å²) in [6, 6.07) is 13.6. The summed E-state index contributed by atoms with van der Waals surface area (Å²) in [5.74, 6) is 1.03. The van der Waals surface area contributed by atoms with Crippen LogP contribution in [0.1, 0.15) is 5.69 Å². The zero-order chi connectivity index (χ0) is 12.5. The Labute approximate surface area is 105 Å². The van der Waals surface area contributed by atoms with Crippen molar-refractivity contribution in [2.75, 3.05) is 5.73 Å². The second-order valence-corrected chi connectivity index (χ2v) is 4.15. The fourth-order valence-electron chi connectivity index (χ4n) is 1.90. The Bertz CT molecular complexity index is 702. The van der Waals surface area contributed by atoms with Gasteiger partial charge in [-0.05, 0) is 19.1 Å². The zero-order valence-corrected chi connectivity index (χ0v) is 9.96. The maximum Gasteiger partial charge on any atom is 0.180 e. The van der Waals surface area contributed by atoms with Gasteiger partial charge in [0.15, 0.2) is 5.82 Å². The molecule has 0 saturated carbocycles. The molecule has 18 heavy (non-hydrogen) atoms. The van der Waals surface area contributed by atoms with Gasteiger partial charge in [0.05, 0.1) is 5.52 Å². The second kappa shape index (κ2) is 4.07. The number of aromatic nitrogens is 3. The van der Waals surface area contributed by atoms with Crippen molar-refractivity contribution >= 4 is 16.7 Å². The molecule has 88 valence electrons. The zero-order valence-electron chi connectivity index (χ0n) is 9.96. The van der Waals surface area contributed by atoms with Crippen molar-refractivity contribution in [1.82, 2.24) is 15.0 Å². The molecule has 3 rings (SSSR count). The van der Waals surface area contributed by atoms with Crippen LogP contribution >= 0.6 is 0 Å². The van der Waals surface area contributed by atoms with Crippen LogP contribution in [0.15, 0.2) is 42.5 Å². The van der Waals surface area contributed by atoms with E-state index in [4.69, 9.17) is 5.73 Å². The molecule has 0 fully saturated rings. The van der Waals surface area contributed by atoms with Gasteiger partial charge in [-0.3, -0.25) is 0 Å². The van der Waals surface area contributed by atoms with Gasteiger partial charge in [-0.1, -0.05) is 24.3 Å². The number of rotatable bonds is 1. The van der Waals surface area contributed by atoms with Crippen molar-refractivity contribution in [3.05, 3.63) is 48.2 Å². The lowest BCUT2D eigenvalue weighted by atomic mass is 10.2. The van der Waals surface area contributed by atoms with Gasteiger partial charge < -0.3 is 5.73 Å². The van der Waals surface area contributed by atoms with Crippen molar-refractivity contribution in [3.8, 4) is 11.5 Å². The average molecular weight is 236 g/mol. The van der Waals surface area contributed by atoms with E-state index >= 15 is 0 Å². The van der Waals surface area contributed by atoms with E-state index in [-0.39, 0.29) is 0 Å². The molecular weight excluding hydrogens is 224 g/mol. The van der Waals surface area contributed by atoms with E-state index in [9.17, 15) is 0 Å². The minimum Gasteiger partial charge on any atom is -0.384 e. The number of nitrogen functional groups attached to an aromatic ring is 1. The van der Waals surface area contributed by atoms with Crippen molar-refractivity contribution < 1.29 is 0 Å². The van der Waals surface area contributed by atoms with Gasteiger partial charge in [0, 0.05) is 17.1 Å². The predicted molar refractivity (Wildman–Crippen MR) is 71.9 cm³/mol. The topological polar surface area (TPSA) is 64.7 Å². The largest absolute Gasteiger partial charge is 0.384 e. The molecule has 1 aromatic carbocycles. The first kappa shape index (κ1) is 10.7. The Hall–Kier alpha value is -2.49. The standard InChI is InChI=1S/C14H12N4/c1-9-8-13(15)18-14(16-9)12-7-6-10-4-2-3-5-11(10)17-12/h2-8H,1H3,(H2,15,16,18). The highest BCUT2D eigenvalue weighted by Gasteiger charge is 2.05. The van der Waals surface area contributed by atoms with Crippen LogP contribution in [0.2, 0.25) is 0 Å². The van der Waals surface area contributed by atoms with E-state index in [1.807, 2.05) is 43.3 Å². The Morgan fingerprint density at radius 1 is 0.944 bits per heavy atom. The van der Waals surface area contributed by atoms with Crippen molar-refractivity contribution in [3.63, 3.8) is 0 Å². The van der Waals surface area contributed by atoms with Crippen LogP contribution in [-0.4, -0.2) is 15.0 Å². The summed E-state index contributed by atoms with van der Waals surface area (Å²) < 4.78 is 0. The maximum atomic E-state index is 5.73. The molecule has 0 unspecified atom stereocenters. The van der Waals surface area contributed by atoms with Gasteiger partial charge in [-0.2, -0.15) is 0 Å². The maximum absolute atomic E-state index is 5.73. The molecule has 0 bridgehead atoms. The molecule has 0 saturated heterocycles. The molecule has 0 radical (unpaired) electrons. The van der Waals surface area contributed by atoms with Crippen LogP contribution in [0.25, 0.3) is 22.4 Å². The van der Waals surface area contributed by atoms with Gasteiger partial charge in [-0.15, -0.1) is 0 Å². The molecule has 0 spiro atoms. The highest BCUT2D eigenvalue weighted by Crippen LogP contribution is 2.18. The van der Waals surface area contributed by atoms with E-state index in [1.54, 1.807) is 6.07 Å².